The molecule has 0 heterocycles. The molecule has 1 aromatic rings. The van der Waals surface area contributed by atoms with Crippen LogP contribution in [0.4, 0.5) is 0 Å². The Kier molecular flexibility index (Phi) is 2.80. The van der Waals surface area contributed by atoms with Crippen LogP contribution in [0.15, 0.2) is 24.3 Å². The van der Waals surface area contributed by atoms with E-state index in [1.165, 1.54) is 44.1 Å². The molecule has 0 saturated heterocycles. The molecule has 18 heavy (non-hydrogen) atoms. The van der Waals surface area contributed by atoms with Gasteiger partial charge >= 0.3 is 0 Å². The summed E-state index contributed by atoms with van der Waals surface area (Å²) in [5, 5.41) is 0. The van der Waals surface area contributed by atoms with Crippen molar-refractivity contribution in [2.24, 2.45) is 5.41 Å². The van der Waals surface area contributed by atoms with Gasteiger partial charge in [0.15, 0.2) is 0 Å². The van der Waals surface area contributed by atoms with Crippen molar-refractivity contribution in [3.63, 3.8) is 0 Å². The van der Waals surface area contributed by atoms with Crippen LogP contribution in [0.3, 0.4) is 0 Å². The van der Waals surface area contributed by atoms with Crippen molar-refractivity contribution >= 4 is 0 Å². The van der Waals surface area contributed by atoms with E-state index in [0.29, 0.717) is 0 Å². The van der Waals surface area contributed by atoms with Crippen LogP contribution in [-0.2, 0) is 5.41 Å². The highest BCUT2D eigenvalue weighted by atomic mass is 14.5. The van der Waals surface area contributed by atoms with Crippen molar-refractivity contribution in [2.75, 3.05) is 0 Å². The van der Waals surface area contributed by atoms with Gasteiger partial charge in [-0.25, -0.2) is 0 Å². The SMILES string of the molecule is CC(C)(C)c1cccc(C2CCC3(CC2)CC3)c1. The summed E-state index contributed by atoms with van der Waals surface area (Å²) in [5.41, 5.74) is 4.19. The molecule has 0 unspecified atom stereocenters. The Labute approximate surface area is 112 Å². The lowest BCUT2D eigenvalue weighted by molar-refractivity contribution is 0.305. The number of hydrogen-bond donors (Lipinski definition) is 0. The first kappa shape index (κ1) is 12.3. The van der Waals surface area contributed by atoms with Crippen molar-refractivity contribution in [1.82, 2.24) is 0 Å². The van der Waals surface area contributed by atoms with Gasteiger partial charge in [0, 0.05) is 0 Å². The normalized spacial score (nSPS) is 23.3. The van der Waals surface area contributed by atoms with Crippen molar-refractivity contribution in [2.45, 2.75) is 70.6 Å². The van der Waals surface area contributed by atoms with Crippen molar-refractivity contribution < 1.29 is 0 Å². The highest BCUT2D eigenvalue weighted by molar-refractivity contribution is 5.31. The molecular weight excluding hydrogens is 216 g/mol. The monoisotopic (exact) mass is 242 g/mol. The average Bonchev–Trinajstić information content (AvgIpc) is 3.09. The van der Waals surface area contributed by atoms with E-state index in [1.54, 1.807) is 5.56 Å². The van der Waals surface area contributed by atoms with Gasteiger partial charge in [-0.3, -0.25) is 0 Å². The van der Waals surface area contributed by atoms with Gasteiger partial charge in [0.2, 0.25) is 0 Å². The lowest BCUT2D eigenvalue weighted by Gasteiger charge is -2.30. The van der Waals surface area contributed by atoms with Crippen LogP contribution in [0.5, 0.6) is 0 Å². The summed E-state index contributed by atoms with van der Waals surface area (Å²) in [6, 6.07) is 9.37. The molecule has 0 heteroatoms. The lowest BCUT2D eigenvalue weighted by atomic mass is 9.75. The summed E-state index contributed by atoms with van der Waals surface area (Å²) in [4.78, 5) is 0. The zero-order valence-corrected chi connectivity index (χ0v) is 12.1. The first-order valence-corrected chi connectivity index (χ1v) is 7.59. The highest BCUT2D eigenvalue weighted by Gasteiger charge is 2.44. The van der Waals surface area contributed by atoms with E-state index in [-0.39, 0.29) is 5.41 Å². The summed E-state index contributed by atoms with van der Waals surface area (Å²) in [6.07, 6.45) is 8.85. The van der Waals surface area contributed by atoms with Crippen LogP contribution >= 0.6 is 0 Å². The molecule has 0 amide bonds. The van der Waals surface area contributed by atoms with Crippen molar-refractivity contribution in [3.05, 3.63) is 35.4 Å². The predicted molar refractivity (Wildman–Crippen MR) is 78.0 cm³/mol. The molecule has 1 aromatic carbocycles. The van der Waals surface area contributed by atoms with Gasteiger partial charge in [-0.2, -0.15) is 0 Å². The molecule has 0 aromatic heterocycles. The Morgan fingerprint density at radius 2 is 1.67 bits per heavy atom. The van der Waals surface area contributed by atoms with Crippen LogP contribution in [0.25, 0.3) is 0 Å². The Morgan fingerprint density at radius 3 is 2.22 bits per heavy atom. The average molecular weight is 242 g/mol. The molecule has 1 spiro atoms. The number of rotatable bonds is 1. The first-order chi connectivity index (χ1) is 8.49. The molecule has 2 fully saturated rings. The van der Waals surface area contributed by atoms with Crippen LogP contribution in [-0.4, -0.2) is 0 Å². The molecule has 0 atom stereocenters. The van der Waals surface area contributed by atoms with Gasteiger partial charge in [0.1, 0.15) is 0 Å². The third-order valence-corrected chi connectivity index (χ3v) is 5.23. The molecule has 0 aliphatic heterocycles. The molecular formula is C18H26. The molecule has 2 aliphatic carbocycles. The fourth-order valence-electron chi connectivity index (χ4n) is 3.50. The van der Waals surface area contributed by atoms with E-state index in [1.807, 2.05) is 0 Å². The Balaban J connectivity index is 1.76. The molecule has 0 radical (unpaired) electrons. The minimum Gasteiger partial charge on any atom is -0.0617 e. The van der Waals surface area contributed by atoms with Crippen molar-refractivity contribution in [1.29, 1.82) is 0 Å². The fraction of sp³-hybridized carbons (Fsp3) is 0.667. The van der Waals surface area contributed by atoms with E-state index >= 15 is 0 Å². The number of benzene rings is 1. The summed E-state index contributed by atoms with van der Waals surface area (Å²) in [5.74, 6) is 0.832. The van der Waals surface area contributed by atoms with E-state index in [0.717, 1.165) is 11.3 Å². The van der Waals surface area contributed by atoms with Crippen LogP contribution < -0.4 is 0 Å². The Hall–Kier alpha value is -0.780. The smallest absolute Gasteiger partial charge is 0.0132 e. The van der Waals surface area contributed by atoms with E-state index in [2.05, 4.69) is 45.0 Å². The fourth-order valence-corrected chi connectivity index (χ4v) is 3.50. The van der Waals surface area contributed by atoms with Gasteiger partial charge in [0.25, 0.3) is 0 Å². The van der Waals surface area contributed by atoms with E-state index in [9.17, 15) is 0 Å². The first-order valence-electron chi connectivity index (χ1n) is 7.59. The largest absolute Gasteiger partial charge is 0.0617 e. The number of hydrogen-bond acceptors (Lipinski definition) is 0. The molecule has 98 valence electrons. The maximum atomic E-state index is 2.47. The maximum absolute atomic E-state index is 2.47. The van der Waals surface area contributed by atoms with Gasteiger partial charge < -0.3 is 0 Å². The van der Waals surface area contributed by atoms with Gasteiger partial charge in [-0.05, 0) is 66.4 Å². The van der Waals surface area contributed by atoms with E-state index in [4.69, 9.17) is 0 Å². The zero-order chi connectivity index (χ0) is 12.8. The van der Waals surface area contributed by atoms with Gasteiger partial charge in [0.05, 0.1) is 0 Å². The molecule has 2 saturated carbocycles. The summed E-state index contributed by atoms with van der Waals surface area (Å²) >= 11 is 0. The predicted octanol–water partition coefficient (Wildman–Crippen LogP) is 5.42. The quantitative estimate of drug-likeness (QED) is 0.616. The summed E-state index contributed by atoms with van der Waals surface area (Å²) < 4.78 is 0. The van der Waals surface area contributed by atoms with Crippen molar-refractivity contribution in [3.8, 4) is 0 Å². The third kappa shape index (κ3) is 2.35. The minimum atomic E-state index is 0.280. The summed E-state index contributed by atoms with van der Waals surface area (Å²) in [7, 11) is 0. The zero-order valence-electron chi connectivity index (χ0n) is 12.1. The molecule has 0 N–H and O–H groups in total. The molecule has 0 bridgehead atoms. The second-order valence-electron chi connectivity index (χ2n) is 7.65. The Bertz CT molecular complexity index is 422. The van der Waals surface area contributed by atoms with E-state index < -0.39 is 0 Å². The third-order valence-electron chi connectivity index (χ3n) is 5.23. The minimum absolute atomic E-state index is 0.280. The topological polar surface area (TPSA) is 0 Å². The Morgan fingerprint density at radius 1 is 1.00 bits per heavy atom. The maximum Gasteiger partial charge on any atom is -0.0132 e. The van der Waals surface area contributed by atoms with Crippen LogP contribution in [0, 0.1) is 5.41 Å². The molecule has 2 aliphatic rings. The van der Waals surface area contributed by atoms with Crippen LogP contribution in [0.1, 0.15) is 76.3 Å². The highest BCUT2D eigenvalue weighted by Crippen LogP contribution is 2.58. The standard InChI is InChI=1S/C18H26/c1-17(2,3)16-6-4-5-15(13-16)14-7-9-18(10-8-14)11-12-18/h4-6,13-14H,7-12H2,1-3H3. The second kappa shape index (κ2) is 4.11. The lowest BCUT2D eigenvalue weighted by Crippen LogP contribution is -2.15. The second-order valence-corrected chi connectivity index (χ2v) is 7.65. The van der Waals surface area contributed by atoms with Crippen LogP contribution in [0.2, 0.25) is 0 Å². The summed E-state index contributed by atoms with van der Waals surface area (Å²) in [6.45, 7) is 6.94. The molecule has 3 rings (SSSR count). The van der Waals surface area contributed by atoms with Gasteiger partial charge in [-0.15, -0.1) is 0 Å². The molecule has 0 nitrogen and oxygen atoms in total. The van der Waals surface area contributed by atoms with Gasteiger partial charge in [-0.1, -0.05) is 45.0 Å².